The quantitative estimate of drug-likeness (QED) is 0.666. The molecule has 0 saturated heterocycles. The Morgan fingerprint density at radius 2 is 2.00 bits per heavy atom. The Morgan fingerprint density at radius 3 is 2.50 bits per heavy atom. The van der Waals surface area contributed by atoms with Crippen LogP contribution < -0.4 is 0 Å². The Labute approximate surface area is 98.9 Å². The number of aryl methyl sites for hydroxylation is 1. The minimum atomic E-state index is 0.161. The first-order valence-corrected chi connectivity index (χ1v) is 5.71. The lowest BCUT2D eigenvalue weighted by Crippen LogP contribution is -2.07. The lowest BCUT2D eigenvalue weighted by molar-refractivity contribution is 0.520. The molecule has 0 bridgehead atoms. The van der Waals surface area contributed by atoms with Crippen LogP contribution >= 0.6 is 0 Å². The number of hydrogen-bond acceptors (Lipinski definition) is 1. The highest BCUT2D eigenvalue weighted by atomic mass is 14.7. The highest BCUT2D eigenvalue weighted by Crippen LogP contribution is 2.28. The van der Waals surface area contributed by atoms with E-state index in [1.165, 1.54) is 11.1 Å². The van der Waals surface area contributed by atoms with Crippen molar-refractivity contribution in [3.8, 4) is 0 Å². The van der Waals surface area contributed by atoms with Crippen LogP contribution in [0.25, 0.3) is 6.08 Å². The molecule has 0 amide bonds. The monoisotopic (exact) mass is 215 g/mol. The van der Waals surface area contributed by atoms with Crippen molar-refractivity contribution in [1.82, 2.24) is 4.98 Å². The van der Waals surface area contributed by atoms with Gasteiger partial charge in [0.15, 0.2) is 0 Å². The van der Waals surface area contributed by atoms with Gasteiger partial charge in [0, 0.05) is 11.9 Å². The second kappa shape index (κ2) is 5.11. The molecule has 0 unspecified atom stereocenters. The number of allylic oxidation sites excluding steroid dienone is 3. The molecule has 0 N–H and O–H groups in total. The first-order chi connectivity index (χ1) is 7.45. The second-order valence-corrected chi connectivity index (χ2v) is 5.03. The van der Waals surface area contributed by atoms with Gasteiger partial charge in [-0.05, 0) is 42.5 Å². The minimum absolute atomic E-state index is 0.161. The van der Waals surface area contributed by atoms with Crippen LogP contribution in [0.4, 0.5) is 0 Å². The Balaban J connectivity index is 3.18. The SMILES string of the molecule is C/C=C\C(=C/c1cccnc1C)C(C)(C)C. The first kappa shape index (κ1) is 12.7. The lowest BCUT2D eigenvalue weighted by atomic mass is 9.85. The van der Waals surface area contributed by atoms with E-state index in [1.807, 2.05) is 19.2 Å². The van der Waals surface area contributed by atoms with Crippen LogP contribution in [0.3, 0.4) is 0 Å². The summed E-state index contributed by atoms with van der Waals surface area (Å²) < 4.78 is 0. The molecule has 1 aromatic rings. The van der Waals surface area contributed by atoms with Crippen LogP contribution in [0.5, 0.6) is 0 Å². The molecule has 86 valence electrons. The van der Waals surface area contributed by atoms with Gasteiger partial charge in [0.2, 0.25) is 0 Å². The smallest absolute Gasteiger partial charge is 0.0444 e. The zero-order chi connectivity index (χ0) is 12.2. The lowest BCUT2D eigenvalue weighted by Gasteiger charge is -2.20. The molecule has 1 heteroatoms. The maximum Gasteiger partial charge on any atom is 0.0444 e. The van der Waals surface area contributed by atoms with Gasteiger partial charge in [-0.3, -0.25) is 4.98 Å². The van der Waals surface area contributed by atoms with Crippen molar-refractivity contribution >= 4 is 6.08 Å². The summed E-state index contributed by atoms with van der Waals surface area (Å²) in [6, 6.07) is 4.09. The molecule has 0 atom stereocenters. The van der Waals surface area contributed by atoms with Gasteiger partial charge in [-0.2, -0.15) is 0 Å². The number of aromatic nitrogens is 1. The van der Waals surface area contributed by atoms with Gasteiger partial charge in [0.05, 0.1) is 0 Å². The molecular formula is C15H21N. The Hall–Kier alpha value is -1.37. The van der Waals surface area contributed by atoms with E-state index in [4.69, 9.17) is 0 Å². The average molecular weight is 215 g/mol. The highest BCUT2D eigenvalue weighted by molar-refractivity contribution is 5.58. The fourth-order valence-corrected chi connectivity index (χ4v) is 1.51. The third-order valence-corrected chi connectivity index (χ3v) is 2.57. The van der Waals surface area contributed by atoms with Crippen molar-refractivity contribution in [3.63, 3.8) is 0 Å². The summed E-state index contributed by atoms with van der Waals surface area (Å²) in [4.78, 5) is 4.31. The molecule has 1 aromatic heterocycles. The molecule has 0 fully saturated rings. The zero-order valence-electron chi connectivity index (χ0n) is 10.9. The van der Waals surface area contributed by atoms with E-state index in [-0.39, 0.29) is 5.41 Å². The van der Waals surface area contributed by atoms with Crippen molar-refractivity contribution in [2.24, 2.45) is 5.41 Å². The molecule has 0 spiro atoms. The van der Waals surface area contributed by atoms with Gasteiger partial charge in [-0.15, -0.1) is 0 Å². The molecule has 0 aromatic carbocycles. The van der Waals surface area contributed by atoms with Gasteiger partial charge in [-0.1, -0.05) is 39.0 Å². The minimum Gasteiger partial charge on any atom is -0.261 e. The van der Waals surface area contributed by atoms with E-state index < -0.39 is 0 Å². The van der Waals surface area contributed by atoms with Crippen LogP contribution in [-0.4, -0.2) is 4.98 Å². The van der Waals surface area contributed by atoms with E-state index in [0.717, 1.165) is 5.69 Å². The van der Waals surface area contributed by atoms with Crippen molar-refractivity contribution in [3.05, 3.63) is 47.3 Å². The molecule has 0 saturated carbocycles. The normalized spacial score (nSPS) is 13.4. The summed E-state index contributed by atoms with van der Waals surface area (Å²) in [6.45, 7) is 10.8. The molecule has 16 heavy (non-hydrogen) atoms. The van der Waals surface area contributed by atoms with E-state index >= 15 is 0 Å². The molecule has 0 aliphatic heterocycles. The summed E-state index contributed by atoms with van der Waals surface area (Å²) in [7, 11) is 0. The van der Waals surface area contributed by atoms with Gasteiger partial charge < -0.3 is 0 Å². The second-order valence-electron chi connectivity index (χ2n) is 5.03. The maximum absolute atomic E-state index is 4.31. The van der Waals surface area contributed by atoms with Crippen molar-refractivity contribution in [2.45, 2.75) is 34.6 Å². The predicted octanol–water partition coefficient (Wildman–Crippen LogP) is 4.40. The maximum atomic E-state index is 4.31. The van der Waals surface area contributed by atoms with Gasteiger partial charge in [-0.25, -0.2) is 0 Å². The molecular weight excluding hydrogens is 194 g/mol. The number of hydrogen-bond donors (Lipinski definition) is 0. The van der Waals surface area contributed by atoms with Crippen LogP contribution in [0.2, 0.25) is 0 Å². The average Bonchev–Trinajstić information content (AvgIpc) is 2.19. The fourth-order valence-electron chi connectivity index (χ4n) is 1.51. The summed E-state index contributed by atoms with van der Waals surface area (Å²) in [5.74, 6) is 0. The van der Waals surface area contributed by atoms with E-state index in [9.17, 15) is 0 Å². The molecule has 0 aliphatic rings. The first-order valence-electron chi connectivity index (χ1n) is 5.71. The van der Waals surface area contributed by atoms with Crippen LogP contribution in [0, 0.1) is 12.3 Å². The molecule has 0 radical (unpaired) electrons. The Morgan fingerprint density at radius 1 is 1.31 bits per heavy atom. The van der Waals surface area contributed by atoms with E-state index in [2.05, 4.69) is 57.0 Å². The topological polar surface area (TPSA) is 12.9 Å². The van der Waals surface area contributed by atoms with Gasteiger partial charge in [0.1, 0.15) is 0 Å². The third-order valence-electron chi connectivity index (χ3n) is 2.57. The van der Waals surface area contributed by atoms with Gasteiger partial charge >= 0.3 is 0 Å². The summed E-state index contributed by atoms with van der Waals surface area (Å²) in [5.41, 5.74) is 3.76. The van der Waals surface area contributed by atoms with Crippen LogP contribution in [-0.2, 0) is 0 Å². The predicted molar refractivity (Wildman–Crippen MR) is 71.2 cm³/mol. The fraction of sp³-hybridized carbons (Fsp3) is 0.400. The summed E-state index contributed by atoms with van der Waals surface area (Å²) >= 11 is 0. The van der Waals surface area contributed by atoms with Crippen molar-refractivity contribution < 1.29 is 0 Å². The summed E-state index contributed by atoms with van der Waals surface area (Å²) in [6.07, 6.45) is 8.32. The Kier molecular flexibility index (Phi) is 4.05. The van der Waals surface area contributed by atoms with Crippen LogP contribution in [0.1, 0.15) is 39.0 Å². The standard InChI is InChI=1S/C15H21N/c1-6-8-14(15(3,4)5)11-13-9-7-10-16-12(13)2/h6-11H,1-5H3/b8-6-,14-11+. The zero-order valence-corrected chi connectivity index (χ0v) is 10.9. The van der Waals surface area contributed by atoms with Crippen molar-refractivity contribution in [1.29, 1.82) is 0 Å². The molecule has 0 aliphatic carbocycles. The van der Waals surface area contributed by atoms with Gasteiger partial charge in [0.25, 0.3) is 0 Å². The third kappa shape index (κ3) is 3.34. The number of pyridine rings is 1. The Bertz CT molecular complexity index is 406. The summed E-state index contributed by atoms with van der Waals surface area (Å²) in [5, 5.41) is 0. The molecule has 1 rings (SSSR count). The molecule has 1 heterocycles. The molecule has 1 nitrogen and oxygen atoms in total. The number of rotatable bonds is 2. The largest absolute Gasteiger partial charge is 0.261 e. The van der Waals surface area contributed by atoms with E-state index in [0.29, 0.717) is 0 Å². The van der Waals surface area contributed by atoms with Crippen molar-refractivity contribution in [2.75, 3.05) is 0 Å². The number of nitrogens with zero attached hydrogens (tertiary/aromatic N) is 1. The van der Waals surface area contributed by atoms with Crippen LogP contribution in [0.15, 0.2) is 36.1 Å². The van der Waals surface area contributed by atoms with E-state index in [1.54, 1.807) is 0 Å². The highest BCUT2D eigenvalue weighted by Gasteiger charge is 2.14.